The molecule has 1 heteroatoms. The highest BCUT2D eigenvalue weighted by Crippen LogP contribution is 2.19. The van der Waals surface area contributed by atoms with Crippen molar-refractivity contribution in [2.75, 3.05) is 6.61 Å². The van der Waals surface area contributed by atoms with Crippen LogP contribution in [0.4, 0.5) is 0 Å². The van der Waals surface area contributed by atoms with Crippen molar-refractivity contribution in [1.82, 2.24) is 0 Å². The van der Waals surface area contributed by atoms with Crippen LogP contribution in [0, 0.1) is 0 Å². The van der Waals surface area contributed by atoms with Gasteiger partial charge in [0.15, 0.2) is 0 Å². The third-order valence-electron chi connectivity index (χ3n) is 2.47. The molecular weight excluding hydrogens is 148 g/mol. The summed E-state index contributed by atoms with van der Waals surface area (Å²) in [5.74, 6) is 0. The topological polar surface area (TPSA) is 9.23 Å². The SMILES string of the molecule is CCC1=C(C)CCC(C)=COC1. The second kappa shape index (κ2) is 4.34. The Hall–Kier alpha value is -0.720. The molecule has 0 atom stereocenters. The number of hydrogen-bond donors (Lipinski definition) is 0. The number of rotatable bonds is 1. The molecule has 1 heterocycles. The normalized spacial score (nSPS) is 19.4. The van der Waals surface area contributed by atoms with E-state index in [1.165, 1.54) is 23.1 Å². The van der Waals surface area contributed by atoms with Crippen molar-refractivity contribution in [2.24, 2.45) is 0 Å². The van der Waals surface area contributed by atoms with E-state index in [1.807, 2.05) is 6.26 Å². The van der Waals surface area contributed by atoms with Gasteiger partial charge in [-0.05, 0) is 44.3 Å². The lowest BCUT2D eigenvalue weighted by Crippen LogP contribution is -2.00. The van der Waals surface area contributed by atoms with Gasteiger partial charge < -0.3 is 4.74 Å². The number of allylic oxidation sites excluding steroid dienone is 2. The van der Waals surface area contributed by atoms with Crippen molar-refractivity contribution < 1.29 is 4.74 Å². The smallest absolute Gasteiger partial charge is 0.109 e. The van der Waals surface area contributed by atoms with Gasteiger partial charge in [-0.15, -0.1) is 0 Å². The van der Waals surface area contributed by atoms with Gasteiger partial charge in [0.2, 0.25) is 0 Å². The fourth-order valence-electron chi connectivity index (χ4n) is 1.43. The lowest BCUT2D eigenvalue weighted by Gasteiger charge is -2.14. The van der Waals surface area contributed by atoms with E-state index in [1.54, 1.807) is 0 Å². The second-order valence-corrected chi connectivity index (χ2v) is 3.51. The Morgan fingerprint density at radius 2 is 2.08 bits per heavy atom. The molecule has 0 unspecified atom stereocenters. The van der Waals surface area contributed by atoms with Gasteiger partial charge in [0.25, 0.3) is 0 Å². The summed E-state index contributed by atoms with van der Waals surface area (Å²) in [6, 6.07) is 0. The fraction of sp³-hybridized carbons (Fsp3) is 0.636. The predicted octanol–water partition coefficient (Wildman–Crippen LogP) is 3.43. The molecular formula is C11H18O. The van der Waals surface area contributed by atoms with Gasteiger partial charge >= 0.3 is 0 Å². The predicted molar refractivity (Wildman–Crippen MR) is 51.9 cm³/mol. The van der Waals surface area contributed by atoms with E-state index in [-0.39, 0.29) is 0 Å². The van der Waals surface area contributed by atoms with Crippen molar-refractivity contribution in [1.29, 1.82) is 0 Å². The van der Waals surface area contributed by atoms with Crippen LogP contribution >= 0.6 is 0 Å². The zero-order chi connectivity index (χ0) is 8.97. The van der Waals surface area contributed by atoms with Gasteiger partial charge in [0.1, 0.15) is 6.61 Å². The molecule has 68 valence electrons. The minimum Gasteiger partial charge on any atom is -0.497 e. The molecule has 0 bridgehead atoms. The van der Waals surface area contributed by atoms with E-state index in [0.29, 0.717) is 0 Å². The van der Waals surface area contributed by atoms with Crippen LogP contribution in [-0.2, 0) is 4.74 Å². The zero-order valence-electron chi connectivity index (χ0n) is 8.31. The van der Waals surface area contributed by atoms with Crippen molar-refractivity contribution in [3.05, 3.63) is 23.0 Å². The van der Waals surface area contributed by atoms with Gasteiger partial charge in [-0.25, -0.2) is 0 Å². The van der Waals surface area contributed by atoms with Crippen LogP contribution < -0.4 is 0 Å². The van der Waals surface area contributed by atoms with E-state index < -0.39 is 0 Å². The van der Waals surface area contributed by atoms with Crippen LogP contribution in [0.25, 0.3) is 0 Å². The lowest BCUT2D eigenvalue weighted by molar-refractivity contribution is 0.269. The molecule has 0 aromatic carbocycles. The minimum atomic E-state index is 0.791. The summed E-state index contributed by atoms with van der Waals surface area (Å²) in [4.78, 5) is 0. The molecule has 0 aromatic rings. The summed E-state index contributed by atoms with van der Waals surface area (Å²) >= 11 is 0. The highest BCUT2D eigenvalue weighted by atomic mass is 16.5. The standard InChI is InChI=1S/C11H18O/c1-4-11-8-12-7-9(2)5-6-10(11)3/h7H,4-6,8H2,1-3H3. The second-order valence-electron chi connectivity index (χ2n) is 3.51. The van der Waals surface area contributed by atoms with Gasteiger partial charge in [-0.2, -0.15) is 0 Å². The average molecular weight is 166 g/mol. The molecule has 0 spiro atoms. The molecule has 0 aromatic heterocycles. The number of hydrogen-bond acceptors (Lipinski definition) is 1. The molecule has 1 aliphatic rings. The molecule has 12 heavy (non-hydrogen) atoms. The lowest BCUT2D eigenvalue weighted by atomic mass is 10.0. The van der Waals surface area contributed by atoms with Crippen LogP contribution in [0.15, 0.2) is 23.0 Å². The monoisotopic (exact) mass is 166 g/mol. The summed E-state index contributed by atoms with van der Waals surface area (Å²) < 4.78 is 5.44. The van der Waals surface area contributed by atoms with Gasteiger partial charge in [0, 0.05) is 0 Å². The van der Waals surface area contributed by atoms with E-state index in [4.69, 9.17) is 4.74 Å². The largest absolute Gasteiger partial charge is 0.497 e. The maximum atomic E-state index is 5.44. The highest BCUT2D eigenvalue weighted by molar-refractivity contribution is 5.15. The third kappa shape index (κ3) is 2.40. The zero-order valence-corrected chi connectivity index (χ0v) is 8.31. The average Bonchev–Trinajstić information content (AvgIpc) is 2.06. The summed E-state index contributed by atoms with van der Waals surface area (Å²) in [6.07, 6.45) is 5.38. The maximum Gasteiger partial charge on any atom is 0.109 e. The van der Waals surface area contributed by atoms with Crippen LogP contribution in [0.3, 0.4) is 0 Å². The molecule has 1 nitrogen and oxygen atoms in total. The van der Waals surface area contributed by atoms with E-state index in [2.05, 4.69) is 20.8 Å². The van der Waals surface area contributed by atoms with E-state index >= 15 is 0 Å². The first-order chi connectivity index (χ1) is 5.74. The third-order valence-corrected chi connectivity index (χ3v) is 2.47. The maximum absolute atomic E-state index is 5.44. The summed E-state index contributed by atoms with van der Waals surface area (Å²) in [7, 11) is 0. The molecule has 0 saturated carbocycles. The summed E-state index contributed by atoms with van der Waals surface area (Å²) in [5, 5.41) is 0. The Balaban J connectivity index is 2.65. The first-order valence-corrected chi connectivity index (χ1v) is 4.68. The Kier molecular flexibility index (Phi) is 3.39. The van der Waals surface area contributed by atoms with E-state index in [0.717, 1.165) is 19.4 Å². The minimum absolute atomic E-state index is 0.791. The van der Waals surface area contributed by atoms with Crippen LogP contribution in [0.2, 0.25) is 0 Å². The van der Waals surface area contributed by atoms with Crippen LogP contribution in [-0.4, -0.2) is 6.61 Å². The van der Waals surface area contributed by atoms with Crippen molar-refractivity contribution in [2.45, 2.75) is 40.0 Å². The molecule has 0 radical (unpaired) electrons. The molecule has 0 amide bonds. The molecule has 0 fully saturated rings. The van der Waals surface area contributed by atoms with E-state index in [9.17, 15) is 0 Å². The molecule has 0 N–H and O–H groups in total. The first-order valence-electron chi connectivity index (χ1n) is 4.68. The molecule has 0 aliphatic carbocycles. The number of ether oxygens (including phenoxy) is 1. The molecule has 0 saturated heterocycles. The Labute approximate surface area is 75.1 Å². The van der Waals surface area contributed by atoms with Crippen LogP contribution in [0.5, 0.6) is 0 Å². The van der Waals surface area contributed by atoms with Gasteiger partial charge in [-0.3, -0.25) is 0 Å². The Bertz CT molecular complexity index is 211. The first kappa shape index (κ1) is 9.37. The quantitative estimate of drug-likeness (QED) is 0.542. The van der Waals surface area contributed by atoms with Crippen molar-refractivity contribution in [3.8, 4) is 0 Å². The molecule has 1 aliphatic heterocycles. The summed E-state index contributed by atoms with van der Waals surface area (Å²) in [5.41, 5.74) is 4.34. The fourth-order valence-corrected chi connectivity index (χ4v) is 1.43. The van der Waals surface area contributed by atoms with Crippen molar-refractivity contribution in [3.63, 3.8) is 0 Å². The Morgan fingerprint density at radius 3 is 2.75 bits per heavy atom. The highest BCUT2D eigenvalue weighted by Gasteiger charge is 2.04. The van der Waals surface area contributed by atoms with Gasteiger partial charge in [-0.1, -0.05) is 12.5 Å². The summed E-state index contributed by atoms with van der Waals surface area (Å²) in [6.45, 7) is 7.34. The Morgan fingerprint density at radius 1 is 1.33 bits per heavy atom. The molecule has 1 rings (SSSR count). The van der Waals surface area contributed by atoms with Crippen LogP contribution in [0.1, 0.15) is 40.0 Å². The van der Waals surface area contributed by atoms with Crippen molar-refractivity contribution >= 4 is 0 Å². The van der Waals surface area contributed by atoms with Gasteiger partial charge in [0.05, 0.1) is 6.26 Å².